The molecule has 3 aromatic rings. The normalized spacial score (nSPS) is 20.1. The molecule has 0 amide bonds. The van der Waals surface area contributed by atoms with Crippen molar-refractivity contribution in [1.29, 1.82) is 0 Å². The first-order chi connectivity index (χ1) is 15.0. The Hall–Kier alpha value is -3.73. The number of aromatic hydroxyl groups is 1. The molecule has 31 heavy (non-hydrogen) atoms. The standard InChI is InChI=1S/C20H17N5O5S/c1-30-15-8-11(6-13(19(15)27)25(28)29)18-17-12(23-20-21-9-22-24(18)20)5-10(7-14(17)26)16-3-2-4-31-16/h2-4,6,8-10,18,27H,5,7H2,1H3,(H,21,22,23). The van der Waals surface area contributed by atoms with E-state index in [4.69, 9.17) is 4.74 Å². The molecule has 11 heteroatoms. The smallest absolute Gasteiger partial charge is 0.315 e. The van der Waals surface area contributed by atoms with Crippen molar-refractivity contribution in [2.24, 2.45) is 0 Å². The summed E-state index contributed by atoms with van der Waals surface area (Å²) in [6.45, 7) is 0. The highest BCUT2D eigenvalue weighted by atomic mass is 32.1. The van der Waals surface area contributed by atoms with Crippen LogP contribution < -0.4 is 10.1 Å². The van der Waals surface area contributed by atoms with Crippen LogP contribution in [0.5, 0.6) is 11.5 Å². The van der Waals surface area contributed by atoms with Crippen LogP contribution in [0.25, 0.3) is 0 Å². The van der Waals surface area contributed by atoms with Crippen LogP contribution in [0.4, 0.5) is 11.6 Å². The van der Waals surface area contributed by atoms with Crippen molar-refractivity contribution in [3.63, 3.8) is 0 Å². The van der Waals surface area contributed by atoms with Gasteiger partial charge in [0, 0.05) is 34.6 Å². The molecule has 2 aromatic heterocycles. The van der Waals surface area contributed by atoms with Gasteiger partial charge in [0.2, 0.25) is 11.7 Å². The molecular formula is C20H17N5O5S. The minimum absolute atomic E-state index is 0.0498. The molecule has 1 aromatic carbocycles. The Balaban J connectivity index is 1.67. The minimum Gasteiger partial charge on any atom is -0.500 e. The van der Waals surface area contributed by atoms with Crippen molar-refractivity contribution < 1.29 is 19.6 Å². The number of nitro benzene ring substituents is 1. The molecule has 0 saturated carbocycles. The van der Waals surface area contributed by atoms with Crippen LogP contribution in [0, 0.1) is 10.1 Å². The third-order valence-corrected chi connectivity index (χ3v) is 6.65. The Morgan fingerprint density at radius 1 is 1.39 bits per heavy atom. The Morgan fingerprint density at radius 3 is 2.94 bits per heavy atom. The molecule has 2 N–H and O–H groups in total. The van der Waals surface area contributed by atoms with Crippen molar-refractivity contribution in [2.45, 2.75) is 24.8 Å². The average Bonchev–Trinajstić information content (AvgIpc) is 3.44. The van der Waals surface area contributed by atoms with E-state index in [1.54, 1.807) is 11.3 Å². The topological polar surface area (TPSA) is 132 Å². The molecule has 0 fully saturated rings. The second-order valence-electron chi connectivity index (χ2n) is 7.34. The van der Waals surface area contributed by atoms with E-state index in [1.807, 2.05) is 17.5 Å². The van der Waals surface area contributed by atoms with Gasteiger partial charge >= 0.3 is 5.69 Å². The number of phenolic OH excluding ortho intramolecular Hbond substituents is 1. The number of ketones is 1. The zero-order valence-corrected chi connectivity index (χ0v) is 17.1. The predicted molar refractivity (Wildman–Crippen MR) is 111 cm³/mol. The number of rotatable bonds is 4. The molecule has 2 unspecified atom stereocenters. The number of methoxy groups -OCH3 is 1. The summed E-state index contributed by atoms with van der Waals surface area (Å²) >= 11 is 1.61. The molecule has 0 saturated heterocycles. The first kappa shape index (κ1) is 19.2. The molecular weight excluding hydrogens is 422 g/mol. The SMILES string of the molecule is COc1cc(C2C3=C(CC(c4cccs4)CC3=O)Nc3ncnn32)cc([N+](=O)[O-])c1O. The van der Waals surface area contributed by atoms with E-state index in [9.17, 15) is 20.0 Å². The number of Topliss-reactive ketones (excluding diaryl/α,β-unsaturated/α-hetero) is 1. The highest BCUT2D eigenvalue weighted by Gasteiger charge is 2.40. The quantitative estimate of drug-likeness (QED) is 0.467. The molecule has 3 heterocycles. The number of carbonyl (C=O) groups is 1. The Morgan fingerprint density at radius 2 is 2.23 bits per heavy atom. The van der Waals surface area contributed by atoms with Crippen LogP contribution in [0.1, 0.15) is 35.2 Å². The molecule has 10 nitrogen and oxygen atoms in total. The fourth-order valence-electron chi connectivity index (χ4n) is 4.25. The maximum Gasteiger partial charge on any atom is 0.315 e. The first-order valence-corrected chi connectivity index (χ1v) is 10.4. The van der Waals surface area contributed by atoms with Crippen molar-refractivity contribution in [2.75, 3.05) is 12.4 Å². The van der Waals surface area contributed by atoms with Gasteiger partial charge in [-0.15, -0.1) is 11.3 Å². The van der Waals surface area contributed by atoms with E-state index in [1.165, 1.54) is 30.3 Å². The van der Waals surface area contributed by atoms with Crippen molar-refractivity contribution in [3.8, 4) is 11.5 Å². The predicted octanol–water partition coefficient (Wildman–Crippen LogP) is 3.38. The molecule has 0 spiro atoms. The van der Waals surface area contributed by atoms with E-state index >= 15 is 0 Å². The maximum atomic E-state index is 13.3. The molecule has 1 aliphatic heterocycles. The minimum atomic E-state index is -0.723. The summed E-state index contributed by atoms with van der Waals surface area (Å²) in [7, 11) is 1.31. The summed E-state index contributed by atoms with van der Waals surface area (Å²) in [5.74, 6) is -0.180. The van der Waals surface area contributed by atoms with Gasteiger partial charge in [-0.2, -0.15) is 10.1 Å². The number of anilines is 1. The highest BCUT2D eigenvalue weighted by Crippen LogP contribution is 2.47. The third-order valence-electron chi connectivity index (χ3n) is 5.62. The van der Waals surface area contributed by atoms with Crippen molar-refractivity contribution in [1.82, 2.24) is 14.8 Å². The van der Waals surface area contributed by atoms with Gasteiger partial charge in [0.15, 0.2) is 11.5 Å². The lowest BCUT2D eigenvalue weighted by atomic mass is 9.80. The Bertz CT molecular complexity index is 1230. The van der Waals surface area contributed by atoms with E-state index in [0.717, 1.165) is 10.6 Å². The lowest BCUT2D eigenvalue weighted by Crippen LogP contribution is -2.33. The number of aromatic nitrogens is 3. The van der Waals surface area contributed by atoms with Gasteiger partial charge in [-0.3, -0.25) is 14.9 Å². The molecule has 1 aliphatic carbocycles. The summed E-state index contributed by atoms with van der Waals surface area (Å²) in [6.07, 6.45) is 2.31. The third kappa shape index (κ3) is 3.05. The number of carbonyl (C=O) groups excluding carboxylic acids is 1. The lowest BCUT2D eigenvalue weighted by Gasteiger charge is -2.34. The van der Waals surface area contributed by atoms with Gasteiger partial charge in [-0.05, 0) is 29.5 Å². The van der Waals surface area contributed by atoms with Gasteiger partial charge in [-0.25, -0.2) is 4.68 Å². The van der Waals surface area contributed by atoms with Gasteiger partial charge in [0.05, 0.1) is 12.0 Å². The molecule has 2 atom stereocenters. The van der Waals surface area contributed by atoms with E-state index in [-0.39, 0.29) is 17.5 Å². The summed E-state index contributed by atoms with van der Waals surface area (Å²) in [5, 5.41) is 31.1. The summed E-state index contributed by atoms with van der Waals surface area (Å²) in [5.41, 5.74) is 1.13. The second kappa shape index (κ2) is 7.20. The monoisotopic (exact) mass is 439 g/mol. The fraction of sp³-hybridized carbons (Fsp3) is 0.250. The highest BCUT2D eigenvalue weighted by molar-refractivity contribution is 7.10. The molecule has 0 bridgehead atoms. The van der Waals surface area contributed by atoms with E-state index < -0.39 is 22.4 Å². The number of fused-ring (bicyclic) bond motifs is 1. The van der Waals surface area contributed by atoms with Crippen molar-refractivity contribution >= 4 is 28.8 Å². The Kier molecular flexibility index (Phi) is 4.47. The van der Waals surface area contributed by atoms with E-state index in [2.05, 4.69) is 15.4 Å². The fourth-order valence-corrected chi connectivity index (χ4v) is 5.08. The number of hydrogen-bond donors (Lipinski definition) is 2. The van der Waals surface area contributed by atoms with Crippen LogP contribution >= 0.6 is 11.3 Å². The van der Waals surface area contributed by atoms with Gasteiger partial charge in [-0.1, -0.05) is 6.07 Å². The largest absolute Gasteiger partial charge is 0.500 e. The number of nitro groups is 1. The number of hydrogen-bond acceptors (Lipinski definition) is 9. The zero-order valence-electron chi connectivity index (χ0n) is 16.3. The molecule has 5 rings (SSSR count). The summed E-state index contributed by atoms with van der Waals surface area (Å²) in [6, 6.07) is 6.00. The number of ether oxygens (including phenoxy) is 1. The Labute approximate surface area is 180 Å². The lowest BCUT2D eigenvalue weighted by molar-refractivity contribution is -0.386. The van der Waals surface area contributed by atoms with Gasteiger partial charge in [0.1, 0.15) is 12.4 Å². The van der Waals surface area contributed by atoms with Crippen LogP contribution in [0.2, 0.25) is 0 Å². The second-order valence-corrected chi connectivity index (χ2v) is 8.32. The van der Waals surface area contributed by atoms with Crippen LogP contribution in [-0.4, -0.2) is 37.7 Å². The first-order valence-electron chi connectivity index (χ1n) is 9.49. The van der Waals surface area contributed by atoms with Crippen LogP contribution in [0.15, 0.2) is 47.2 Å². The number of allylic oxidation sites excluding steroid dienone is 2. The number of benzene rings is 1. The zero-order chi connectivity index (χ0) is 21.7. The van der Waals surface area contributed by atoms with Crippen molar-refractivity contribution in [3.05, 3.63) is 67.8 Å². The molecule has 2 aliphatic rings. The van der Waals surface area contributed by atoms with Gasteiger partial charge < -0.3 is 15.2 Å². The van der Waals surface area contributed by atoms with E-state index in [0.29, 0.717) is 29.9 Å². The number of phenols is 1. The number of thiophene rings is 1. The molecule has 0 radical (unpaired) electrons. The molecule has 158 valence electrons. The average molecular weight is 439 g/mol. The van der Waals surface area contributed by atoms with Gasteiger partial charge in [0.25, 0.3) is 0 Å². The maximum absolute atomic E-state index is 13.3. The number of nitrogens with one attached hydrogen (secondary N) is 1. The summed E-state index contributed by atoms with van der Waals surface area (Å²) < 4.78 is 6.68. The summed E-state index contributed by atoms with van der Waals surface area (Å²) in [4.78, 5) is 29.5. The number of nitrogens with zero attached hydrogens (tertiary/aromatic N) is 4. The van der Waals surface area contributed by atoms with Crippen LogP contribution in [-0.2, 0) is 4.79 Å². The van der Waals surface area contributed by atoms with Crippen LogP contribution in [0.3, 0.4) is 0 Å².